The highest BCUT2D eigenvalue weighted by molar-refractivity contribution is 5.94. The number of carbonyl (C=O) groups is 2. The largest absolute Gasteiger partial charge is 0.480 e. The monoisotopic (exact) mass is 320 g/mol. The summed E-state index contributed by atoms with van der Waals surface area (Å²) in [5, 5.41) is 15.0. The molecule has 1 rings (SSSR count). The zero-order valence-electron chi connectivity index (χ0n) is 14.3. The molecule has 0 aromatic heterocycles. The van der Waals surface area contributed by atoms with E-state index in [9.17, 15) is 14.7 Å². The van der Waals surface area contributed by atoms with E-state index in [-0.39, 0.29) is 12.3 Å². The number of benzene rings is 1. The van der Waals surface area contributed by atoms with Gasteiger partial charge in [-0.1, -0.05) is 32.3 Å². The molecule has 1 atom stereocenters. The standard InChI is InChI=1S/C18H28N2O3/c1-4-5-6-7-8-19-16(18(22)23)12-17(21)20-15-10-13(2)9-14(3)11-15/h9-11,16,19H,4-8,12H2,1-3H3,(H,20,21)(H,22,23). The van der Waals surface area contributed by atoms with Gasteiger partial charge in [0.25, 0.3) is 0 Å². The van der Waals surface area contributed by atoms with Crippen molar-refractivity contribution in [2.45, 2.75) is 58.9 Å². The number of hydrogen-bond donors (Lipinski definition) is 3. The summed E-state index contributed by atoms with van der Waals surface area (Å²) in [4.78, 5) is 23.3. The van der Waals surface area contributed by atoms with E-state index in [1.165, 1.54) is 0 Å². The predicted molar refractivity (Wildman–Crippen MR) is 92.7 cm³/mol. The van der Waals surface area contributed by atoms with E-state index in [1.807, 2.05) is 32.0 Å². The fourth-order valence-corrected chi connectivity index (χ4v) is 2.52. The lowest BCUT2D eigenvalue weighted by Crippen LogP contribution is -2.40. The van der Waals surface area contributed by atoms with Crippen LogP contribution in [0.4, 0.5) is 5.69 Å². The molecule has 0 bridgehead atoms. The molecule has 0 fully saturated rings. The molecule has 1 amide bonds. The number of carbonyl (C=O) groups excluding carboxylic acids is 1. The minimum atomic E-state index is -0.990. The molecule has 1 aromatic rings. The van der Waals surface area contributed by atoms with Crippen LogP contribution >= 0.6 is 0 Å². The summed E-state index contributed by atoms with van der Waals surface area (Å²) in [7, 11) is 0. The minimum absolute atomic E-state index is 0.0733. The Bertz CT molecular complexity index is 509. The van der Waals surface area contributed by atoms with Crippen molar-refractivity contribution in [3.63, 3.8) is 0 Å². The summed E-state index contributed by atoms with van der Waals surface area (Å²) >= 11 is 0. The maximum absolute atomic E-state index is 12.1. The van der Waals surface area contributed by atoms with Crippen molar-refractivity contribution >= 4 is 17.6 Å². The van der Waals surface area contributed by atoms with E-state index in [2.05, 4.69) is 17.6 Å². The molecule has 23 heavy (non-hydrogen) atoms. The first-order valence-electron chi connectivity index (χ1n) is 8.26. The highest BCUT2D eigenvalue weighted by Gasteiger charge is 2.20. The van der Waals surface area contributed by atoms with Gasteiger partial charge in [0, 0.05) is 5.69 Å². The van der Waals surface area contributed by atoms with E-state index in [0.29, 0.717) is 12.2 Å². The van der Waals surface area contributed by atoms with Crippen LogP contribution < -0.4 is 10.6 Å². The van der Waals surface area contributed by atoms with Crippen LogP contribution in [0, 0.1) is 13.8 Å². The van der Waals surface area contributed by atoms with Crippen LogP contribution in [0.1, 0.15) is 50.2 Å². The molecule has 1 aromatic carbocycles. The normalized spacial score (nSPS) is 12.0. The lowest BCUT2D eigenvalue weighted by molar-refractivity contribution is -0.141. The molecule has 0 heterocycles. The van der Waals surface area contributed by atoms with Crippen LogP contribution in [0.2, 0.25) is 0 Å². The molecular weight excluding hydrogens is 292 g/mol. The molecule has 1 unspecified atom stereocenters. The van der Waals surface area contributed by atoms with Crippen LogP contribution in [-0.2, 0) is 9.59 Å². The fourth-order valence-electron chi connectivity index (χ4n) is 2.52. The number of hydrogen-bond acceptors (Lipinski definition) is 3. The van der Waals surface area contributed by atoms with E-state index in [4.69, 9.17) is 0 Å². The van der Waals surface area contributed by atoms with Gasteiger partial charge in [-0.3, -0.25) is 9.59 Å². The van der Waals surface area contributed by atoms with Gasteiger partial charge in [-0.25, -0.2) is 0 Å². The number of anilines is 1. The number of aliphatic carboxylic acids is 1. The van der Waals surface area contributed by atoms with Crippen molar-refractivity contribution in [3.8, 4) is 0 Å². The molecule has 0 spiro atoms. The average molecular weight is 320 g/mol. The molecule has 128 valence electrons. The third-order valence-electron chi connectivity index (χ3n) is 3.61. The second-order valence-corrected chi connectivity index (χ2v) is 6.03. The van der Waals surface area contributed by atoms with Crippen molar-refractivity contribution in [1.82, 2.24) is 5.32 Å². The van der Waals surface area contributed by atoms with E-state index in [1.54, 1.807) is 0 Å². The Morgan fingerprint density at radius 3 is 2.30 bits per heavy atom. The maximum Gasteiger partial charge on any atom is 0.321 e. The van der Waals surface area contributed by atoms with Gasteiger partial charge >= 0.3 is 5.97 Å². The van der Waals surface area contributed by atoms with E-state index in [0.717, 1.165) is 36.8 Å². The number of amides is 1. The second kappa shape index (κ2) is 10.0. The molecule has 5 heteroatoms. The molecule has 0 radical (unpaired) electrons. The van der Waals surface area contributed by atoms with Crippen molar-refractivity contribution in [2.75, 3.05) is 11.9 Å². The molecule has 0 saturated carbocycles. The SMILES string of the molecule is CCCCCCNC(CC(=O)Nc1cc(C)cc(C)c1)C(=O)O. The van der Waals surface area contributed by atoms with Gasteiger partial charge in [0.05, 0.1) is 6.42 Å². The van der Waals surface area contributed by atoms with Crippen LogP contribution in [0.3, 0.4) is 0 Å². The maximum atomic E-state index is 12.1. The Kier molecular flexibility index (Phi) is 8.33. The van der Waals surface area contributed by atoms with Gasteiger partial charge in [0.1, 0.15) is 6.04 Å². The Morgan fingerprint density at radius 2 is 1.74 bits per heavy atom. The van der Waals surface area contributed by atoms with Crippen molar-refractivity contribution in [2.24, 2.45) is 0 Å². The number of rotatable bonds is 10. The number of nitrogens with one attached hydrogen (secondary N) is 2. The van der Waals surface area contributed by atoms with Crippen LogP contribution in [0.15, 0.2) is 18.2 Å². The topological polar surface area (TPSA) is 78.4 Å². The summed E-state index contributed by atoms with van der Waals surface area (Å²) in [5.74, 6) is -1.28. The Labute approximate surface area is 138 Å². The van der Waals surface area contributed by atoms with Gasteiger partial charge in [0.15, 0.2) is 0 Å². The zero-order valence-corrected chi connectivity index (χ0v) is 14.3. The smallest absolute Gasteiger partial charge is 0.321 e. The number of carboxylic acid groups (broad SMARTS) is 1. The molecular formula is C18H28N2O3. The van der Waals surface area contributed by atoms with Gasteiger partial charge in [-0.15, -0.1) is 0 Å². The summed E-state index contributed by atoms with van der Waals surface area (Å²) in [6, 6.07) is 4.92. The molecule has 0 aliphatic rings. The second-order valence-electron chi connectivity index (χ2n) is 6.03. The van der Waals surface area contributed by atoms with E-state index < -0.39 is 12.0 Å². The lowest BCUT2D eigenvalue weighted by Gasteiger charge is -2.15. The third-order valence-corrected chi connectivity index (χ3v) is 3.61. The quantitative estimate of drug-likeness (QED) is 0.578. The van der Waals surface area contributed by atoms with Crippen LogP contribution in [-0.4, -0.2) is 29.6 Å². The fraction of sp³-hybridized carbons (Fsp3) is 0.556. The molecule has 0 saturated heterocycles. The van der Waals surface area contributed by atoms with Gasteiger partial charge in [-0.2, -0.15) is 0 Å². The number of aryl methyl sites for hydroxylation is 2. The molecule has 3 N–H and O–H groups in total. The average Bonchev–Trinajstić information content (AvgIpc) is 2.44. The molecule has 5 nitrogen and oxygen atoms in total. The molecule has 0 aliphatic carbocycles. The number of unbranched alkanes of at least 4 members (excludes halogenated alkanes) is 3. The predicted octanol–water partition coefficient (Wildman–Crippen LogP) is 3.26. The lowest BCUT2D eigenvalue weighted by atomic mass is 10.1. The first-order chi connectivity index (χ1) is 10.9. The van der Waals surface area contributed by atoms with Crippen molar-refractivity contribution in [3.05, 3.63) is 29.3 Å². The Hall–Kier alpha value is -1.88. The highest BCUT2D eigenvalue weighted by Crippen LogP contribution is 2.14. The van der Waals surface area contributed by atoms with Crippen LogP contribution in [0.5, 0.6) is 0 Å². The first kappa shape index (κ1) is 19.2. The zero-order chi connectivity index (χ0) is 17.2. The van der Waals surface area contributed by atoms with Crippen molar-refractivity contribution < 1.29 is 14.7 Å². The summed E-state index contributed by atoms with van der Waals surface area (Å²) < 4.78 is 0. The summed E-state index contributed by atoms with van der Waals surface area (Å²) in [6.45, 7) is 6.67. The minimum Gasteiger partial charge on any atom is -0.480 e. The van der Waals surface area contributed by atoms with Crippen molar-refractivity contribution in [1.29, 1.82) is 0 Å². The summed E-state index contributed by atoms with van der Waals surface area (Å²) in [5.41, 5.74) is 2.83. The third kappa shape index (κ3) is 7.79. The van der Waals surface area contributed by atoms with Crippen LogP contribution in [0.25, 0.3) is 0 Å². The number of carboxylic acids is 1. The Morgan fingerprint density at radius 1 is 1.09 bits per heavy atom. The van der Waals surface area contributed by atoms with E-state index >= 15 is 0 Å². The highest BCUT2D eigenvalue weighted by atomic mass is 16.4. The molecule has 0 aliphatic heterocycles. The summed E-state index contributed by atoms with van der Waals surface area (Å²) in [6.07, 6.45) is 4.21. The van der Waals surface area contributed by atoms with Gasteiger partial charge in [0.2, 0.25) is 5.91 Å². The van der Waals surface area contributed by atoms with Gasteiger partial charge in [-0.05, 0) is 50.1 Å². The first-order valence-corrected chi connectivity index (χ1v) is 8.26. The Balaban J connectivity index is 2.48. The van der Waals surface area contributed by atoms with Gasteiger partial charge < -0.3 is 15.7 Å².